The van der Waals surface area contributed by atoms with E-state index in [0.29, 0.717) is 23.3 Å². The molecule has 0 bridgehead atoms. The summed E-state index contributed by atoms with van der Waals surface area (Å²) in [7, 11) is 1.87. The highest BCUT2D eigenvalue weighted by Gasteiger charge is 2.32. The molecule has 3 aromatic rings. The van der Waals surface area contributed by atoms with Gasteiger partial charge in [0, 0.05) is 25.7 Å². The second kappa shape index (κ2) is 5.44. The van der Waals surface area contributed by atoms with Crippen LogP contribution in [0, 0.1) is 5.92 Å². The number of nitrogens with one attached hydrogen (secondary N) is 1. The quantitative estimate of drug-likeness (QED) is 0.778. The van der Waals surface area contributed by atoms with Crippen molar-refractivity contribution in [1.82, 2.24) is 19.3 Å². The Labute approximate surface area is 145 Å². The van der Waals surface area contributed by atoms with Crippen LogP contribution in [-0.2, 0) is 13.6 Å². The van der Waals surface area contributed by atoms with E-state index in [1.54, 1.807) is 4.68 Å². The lowest BCUT2D eigenvalue weighted by Crippen LogP contribution is -2.17. The molecule has 1 N–H and O–H groups in total. The number of nitrogens with zero attached hydrogens (tertiary/aromatic N) is 4. The number of carbonyl (C=O) groups is 1. The first-order valence-electron chi connectivity index (χ1n) is 8.99. The van der Waals surface area contributed by atoms with E-state index in [1.807, 2.05) is 31.4 Å². The smallest absolute Gasteiger partial charge is 0.261 e. The maximum absolute atomic E-state index is 12.9. The van der Waals surface area contributed by atoms with Crippen molar-refractivity contribution in [2.75, 3.05) is 5.32 Å². The molecule has 1 aromatic carbocycles. The third kappa shape index (κ3) is 2.71. The highest BCUT2D eigenvalue weighted by Crippen LogP contribution is 2.41. The van der Waals surface area contributed by atoms with Crippen molar-refractivity contribution in [3.05, 3.63) is 41.7 Å². The lowest BCUT2D eigenvalue weighted by atomic mass is 10.2. The van der Waals surface area contributed by atoms with E-state index in [-0.39, 0.29) is 5.91 Å². The lowest BCUT2D eigenvalue weighted by Gasteiger charge is -2.09. The monoisotopic (exact) mass is 335 g/mol. The van der Waals surface area contributed by atoms with Crippen molar-refractivity contribution < 1.29 is 4.79 Å². The zero-order valence-corrected chi connectivity index (χ0v) is 14.3. The molecule has 25 heavy (non-hydrogen) atoms. The molecule has 0 aliphatic heterocycles. The number of carbonyl (C=O) groups excluding carboxylic acids is 1. The number of hydrogen-bond acceptors (Lipinski definition) is 3. The van der Waals surface area contributed by atoms with Gasteiger partial charge in [-0.1, -0.05) is 12.1 Å². The number of rotatable bonds is 5. The van der Waals surface area contributed by atoms with Gasteiger partial charge >= 0.3 is 0 Å². The van der Waals surface area contributed by atoms with E-state index in [9.17, 15) is 4.79 Å². The fourth-order valence-electron chi connectivity index (χ4n) is 3.42. The standard InChI is InChI=1S/C19H21N5O/c1-23-11-14(17(22-23)13-8-9-13)18(25)21-19-20-15-4-2-3-5-16(15)24(19)10-12-6-7-12/h2-5,11-13H,6-10H2,1H3,(H,20,21,25). The molecule has 6 heteroatoms. The molecule has 0 radical (unpaired) electrons. The Morgan fingerprint density at radius 2 is 2.04 bits per heavy atom. The van der Waals surface area contributed by atoms with Crippen molar-refractivity contribution in [3.63, 3.8) is 0 Å². The first-order valence-corrected chi connectivity index (χ1v) is 8.99. The van der Waals surface area contributed by atoms with E-state index in [4.69, 9.17) is 0 Å². The predicted molar refractivity (Wildman–Crippen MR) is 95.6 cm³/mol. The molecule has 2 aliphatic carbocycles. The van der Waals surface area contributed by atoms with Gasteiger partial charge in [-0.15, -0.1) is 0 Å². The third-order valence-corrected chi connectivity index (χ3v) is 5.08. The van der Waals surface area contributed by atoms with Crippen LogP contribution in [0.15, 0.2) is 30.5 Å². The topological polar surface area (TPSA) is 64.7 Å². The van der Waals surface area contributed by atoms with Crippen LogP contribution in [0.25, 0.3) is 11.0 Å². The number of anilines is 1. The maximum Gasteiger partial charge on any atom is 0.261 e. The molecule has 0 atom stereocenters. The maximum atomic E-state index is 12.9. The third-order valence-electron chi connectivity index (χ3n) is 5.08. The Morgan fingerprint density at radius 3 is 2.80 bits per heavy atom. The number of hydrogen-bond donors (Lipinski definition) is 1. The van der Waals surface area contributed by atoms with E-state index in [1.165, 1.54) is 12.8 Å². The number of aromatic nitrogens is 4. The largest absolute Gasteiger partial charge is 0.310 e. The molecule has 2 heterocycles. The van der Waals surface area contributed by atoms with E-state index in [0.717, 1.165) is 36.1 Å². The predicted octanol–water partition coefficient (Wildman–Crippen LogP) is 3.31. The minimum absolute atomic E-state index is 0.109. The highest BCUT2D eigenvalue weighted by atomic mass is 16.1. The average Bonchev–Trinajstić information content (AvgIpc) is 3.52. The molecule has 2 saturated carbocycles. The van der Waals surface area contributed by atoms with Crippen molar-refractivity contribution in [3.8, 4) is 0 Å². The van der Waals surface area contributed by atoms with Crippen LogP contribution in [-0.4, -0.2) is 25.2 Å². The van der Waals surface area contributed by atoms with Gasteiger partial charge in [-0.2, -0.15) is 5.10 Å². The van der Waals surface area contributed by atoms with Gasteiger partial charge < -0.3 is 4.57 Å². The number of imidazole rings is 1. The fraction of sp³-hybridized carbons (Fsp3) is 0.421. The Balaban J connectivity index is 1.50. The van der Waals surface area contributed by atoms with Gasteiger partial charge in [-0.3, -0.25) is 14.8 Å². The van der Waals surface area contributed by atoms with Crippen molar-refractivity contribution in [1.29, 1.82) is 0 Å². The summed E-state index contributed by atoms with van der Waals surface area (Å²) in [6.07, 6.45) is 6.58. The van der Waals surface area contributed by atoms with Gasteiger partial charge in [0.25, 0.3) is 5.91 Å². The average molecular weight is 335 g/mol. The minimum atomic E-state index is -0.109. The molecule has 2 aromatic heterocycles. The van der Waals surface area contributed by atoms with Gasteiger partial charge in [-0.05, 0) is 43.7 Å². The number of para-hydroxylation sites is 2. The van der Waals surface area contributed by atoms with Crippen LogP contribution < -0.4 is 5.32 Å². The fourth-order valence-corrected chi connectivity index (χ4v) is 3.42. The summed E-state index contributed by atoms with van der Waals surface area (Å²) in [5.41, 5.74) is 3.60. The van der Waals surface area contributed by atoms with Gasteiger partial charge in [0.1, 0.15) is 0 Å². The van der Waals surface area contributed by atoms with E-state index >= 15 is 0 Å². The Morgan fingerprint density at radius 1 is 1.24 bits per heavy atom. The Bertz CT molecular complexity index is 962. The summed E-state index contributed by atoms with van der Waals surface area (Å²) in [6.45, 7) is 0.915. The van der Waals surface area contributed by atoms with Crippen molar-refractivity contribution in [2.24, 2.45) is 13.0 Å². The van der Waals surface area contributed by atoms with Crippen LogP contribution in [0.4, 0.5) is 5.95 Å². The summed E-state index contributed by atoms with van der Waals surface area (Å²) in [6, 6.07) is 8.06. The SMILES string of the molecule is Cn1cc(C(=O)Nc2nc3ccccc3n2CC2CC2)c(C2CC2)n1. The van der Waals surface area contributed by atoms with Crippen molar-refractivity contribution >= 4 is 22.9 Å². The van der Waals surface area contributed by atoms with Crippen LogP contribution in [0.3, 0.4) is 0 Å². The van der Waals surface area contributed by atoms with E-state index < -0.39 is 0 Å². The molecule has 0 saturated heterocycles. The van der Waals surface area contributed by atoms with Gasteiger partial charge in [0.15, 0.2) is 0 Å². The highest BCUT2D eigenvalue weighted by molar-refractivity contribution is 6.05. The summed E-state index contributed by atoms with van der Waals surface area (Å²) < 4.78 is 3.88. The number of amides is 1. The first-order chi connectivity index (χ1) is 12.2. The number of fused-ring (bicyclic) bond motifs is 1. The molecule has 0 spiro atoms. The van der Waals surface area contributed by atoms with Crippen LogP contribution >= 0.6 is 0 Å². The van der Waals surface area contributed by atoms with Crippen LogP contribution in [0.5, 0.6) is 0 Å². The van der Waals surface area contributed by atoms with E-state index in [2.05, 4.69) is 26.0 Å². The molecule has 2 aliphatic rings. The molecular formula is C19H21N5O. The van der Waals surface area contributed by atoms with Gasteiger partial charge in [-0.25, -0.2) is 4.98 Å². The second-order valence-corrected chi connectivity index (χ2v) is 7.31. The zero-order chi connectivity index (χ0) is 17.0. The van der Waals surface area contributed by atoms with Crippen molar-refractivity contribution in [2.45, 2.75) is 38.1 Å². The molecule has 5 rings (SSSR count). The van der Waals surface area contributed by atoms with Crippen LogP contribution in [0.1, 0.15) is 47.7 Å². The molecular weight excluding hydrogens is 314 g/mol. The minimum Gasteiger partial charge on any atom is -0.310 e. The summed E-state index contributed by atoms with van der Waals surface area (Å²) in [5, 5.41) is 7.53. The summed E-state index contributed by atoms with van der Waals surface area (Å²) in [4.78, 5) is 17.6. The first kappa shape index (κ1) is 14.7. The number of aryl methyl sites for hydroxylation is 1. The zero-order valence-electron chi connectivity index (χ0n) is 14.3. The molecule has 128 valence electrons. The van der Waals surface area contributed by atoms with Crippen LogP contribution in [0.2, 0.25) is 0 Å². The molecule has 2 fully saturated rings. The van der Waals surface area contributed by atoms with Gasteiger partial charge in [0.05, 0.1) is 22.3 Å². The normalized spacial score (nSPS) is 17.2. The molecule has 1 amide bonds. The summed E-state index contributed by atoms with van der Waals surface area (Å²) >= 11 is 0. The Hall–Kier alpha value is -2.63. The molecule has 0 unspecified atom stereocenters. The lowest BCUT2D eigenvalue weighted by molar-refractivity contribution is 0.102. The number of benzene rings is 1. The Kier molecular flexibility index (Phi) is 3.20. The second-order valence-electron chi connectivity index (χ2n) is 7.31. The summed E-state index contributed by atoms with van der Waals surface area (Å²) in [5.74, 6) is 1.67. The van der Waals surface area contributed by atoms with Gasteiger partial charge in [0.2, 0.25) is 5.95 Å². The molecule has 6 nitrogen and oxygen atoms in total.